The first-order valence-electron chi connectivity index (χ1n) is 6.29. The van der Waals surface area contributed by atoms with Crippen molar-refractivity contribution >= 4 is 10.0 Å². The summed E-state index contributed by atoms with van der Waals surface area (Å²) in [7, 11) is -3.45. The SMILES string of the molecule is Cc1ccc(S(=O)(=O)NCCC2OCCO2)cc1C. The molecule has 106 valence electrons. The van der Waals surface area contributed by atoms with Crippen LogP contribution in [0.5, 0.6) is 0 Å². The van der Waals surface area contributed by atoms with E-state index in [0.29, 0.717) is 31.1 Å². The molecule has 0 atom stereocenters. The fraction of sp³-hybridized carbons (Fsp3) is 0.538. The average Bonchev–Trinajstić information content (AvgIpc) is 2.85. The summed E-state index contributed by atoms with van der Waals surface area (Å²) in [6, 6.07) is 5.11. The first-order chi connectivity index (χ1) is 8.99. The van der Waals surface area contributed by atoms with Gasteiger partial charge in [-0.05, 0) is 37.1 Å². The van der Waals surface area contributed by atoms with Crippen LogP contribution in [0.2, 0.25) is 0 Å². The van der Waals surface area contributed by atoms with Crippen molar-refractivity contribution in [2.45, 2.75) is 31.5 Å². The lowest BCUT2D eigenvalue weighted by Crippen LogP contribution is -2.27. The Hall–Kier alpha value is -0.950. The average molecular weight is 285 g/mol. The van der Waals surface area contributed by atoms with Crippen LogP contribution >= 0.6 is 0 Å². The van der Waals surface area contributed by atoms with E-state index in [0.717, 1.165) is 11.1 Å². The van der Waals surface area contributed by atoms with E-state index in [1.807, 2.05) is 19.9 Å². The van der Waals surface area contributed by atoms with Gasteiger partial charge in [-0.3, -0.25) is 0 Å². The van der Waals surface area contributed by atoms with Crippen LogP contribution in [0.3, 0.4) is 0 Å². The largest absolute Gasteiger partial charge is 0.350 e. The predicted molar refractivity (Wildman–Crippen MR) is 71.4 cm³/mol. The fourth-order valence-corrected chi connectivity index (χ4v) is 2.98. The van der Waals surface area contributed by atoms with Crippen molar-refractivity contribution in [3.8, 4) is 0 Å². The first kappa shape index (κ1) is 14.5. The van der Waals surface area contributed by atoms with Crippen molar-refractivity contribution in [1.29, 1.82) is 0 Å². The molecule has 0 radical (unpaired) electrons. The van der Waals surface area contributed by atoms with E-state index < -0.39 is 10.0 Å². The van der Waals surface area contributed by atoms with E-state index in [-0.39, 0.29) is 6.29 Å². The number of sulfonamides is 1. The summed E-state index contributed by atoms with van der Waals surface area (Å²) in [5.74, 6) is 0. The summed E-state index contributed by atoms with van der Waals surface area (Å²) < 4.78 is 37.2. The zero-order valence-electron chi connectivity index (χ0n) is 11.2. The molecule has 1 aromatic rings. The molecular weight excluding hydrogens is 266 g/mol. The molecule has 6 heteroatoms. The van der Waals surface area contributed by atoms with Gasteiger partial charge in [-0.15, -0.1) is 0 Å². The van der Waals surface area contributed by atoms with Crippen molar-refractivity contribution in [3.63, 3.8) is 0 Å². The van der Waals surface area contributed by atoms with Crippen LogP contribution in [0.25, 0.3) is 0 Å². The molecule has 0 amide bonds. The molecule has 0 aliphatic carbocycles. The molecule has 0 spiro atoms. The highest BCUT2D eigenvalue weighted by molar-refractivity contribution is 7.89. The normalized spacial score (nSPS) is 16.9. The molecule has 0 unspecified atom stereocenters. The Morgan fingerprint density at radius 1 is 1.21 bits per heavy atom. The molecular formula is C13H19NO4S. The van der Waals surface area contributed by atoms with Crippen molar-refractivity contribution in [2.75, 3.05) is 19.8 Å². The van der Waals surface area contributed by atoms with Crippen molar-refractivity contribution in [2.24, 2.45) is 0 Å². The Morgan fingerprint density at radius 2 is 1.89 bits per heavy atom. The zero-order valence-corrected chi connectivity index (χ0v) is 12.0. The van der Waals surface area contributed by atoms with Crippen LogP contribution in [-0.4, -0.2) is 34.5 Å². The lowest BCUT2D eigenvalue weighted by molar-refractivity contribution is -0.0451. The minimum absolute atomic E-state index is 0.289. The lowest BCUT2D eigenvalue weighted by atomic mass is 10.1. The van der Waals surface area contributed by atoms with E-state index in [2.05, 4.69) is 4.72 Å². The molecule has 0 aromatic heterocycles. The Balaban J connectivity index is 1.95. The molecule has 1 aromatic carbocycles. The van der Waals surface area contributed by atoms with Crippen LogP contribution < -0.4 is 4.72 Å². The van der Waals surface area contributed by atoms with E-state index >= 15 is 0 Å². The lowest BCUT2D eigenvalue weighted by Gasteiger charge is -2.11. The van der Waals surface area contributed by atoms with Crippen LogP contribution in [-0.2, 0) is 19.5 Å². The zero-order chi connectivity index (χ0) is 13.9. The van der Waals surface area contributed by atoms with Gasteiger partial charge in [-0.2, -0.15) is 0 Å². The molecule has 0 saturated carbocycles. The molecule has 2 rings (SSSR count). The number of rotatable bonds is 5. The van der Waals surface area contributed by atoms with Gasteiger partial charge in [-0.1, -0.05) is 6.07 Å². The maximum absolute atomic E-state index is 12.1. The molecule has 1 fully saturated rings. The standard InChI is InChI=1S/C13H19NO4S/c1-10-3-4-12(9-11(10)2)19(15,16)14-6-5-13-17-7-8-18-13/h3-4,9,13-14H,5-8H2,1-2H3. The third-order valence-electron chi connectivity index (χ3n) is 3.15. The Kier molecular flexibility index (Phi) is 4.57. The van der Waals surface area contributed by atoms with E-state index in [4.69, 9.17) is 9.47 Å². The number of hydrogen-bond donors (Lipinski definition) is 1. The van der Waals surface area contributed by atoms with Gasteiger partial charge in [0.25, 0.3) is 0 Å². The molecule has 1 aliphatic rings. The smallest absolute Gasteiger partial charge is 0.240 e. The molecule has 0 bridgehead atoms. The third-order valence-corrected chi connectivity index (χ3v) is 4.61. The molecule has 1 saturated heterocycles. The Bertz CT molecular complexity index is 536. The summed E-state index contributed by atoms with van der Waals surface area (Å²) in [5, 5.41) is 0. The quantitative estimate of drug-likeness (QED) is 0.887. The summed E-state index contributed by atoms with van der Waals surface area (Å²) in [5.41, 5.74) is 2.04. The first-order valence-corrected chi connectivity index (χ1v) is 7.77. The summed E-state index contributed by atoms with van der Waals surface area (Å²) in [4.78, 5) is 0.295. The third kappa shape index (κ3) is 3.76. The minimum atomic E-state index is -3.45. The Morgan fingerprint density at radius 3 is 2.53 bits per heavy atom. The molecule has 1 heterocycles. The van der Waals surface area contributed by atoms with Gasteiger partial charge in [0, 0.05) is 13.0 Å². The highest BCUT2D eigenvalue weighted by Gasteiger charge is 2.18. The monoisotopic (exact) mass is 285 g/mol. The van der Waals surface area contributed by atoms with Gasteiger partial charge in [0.2, 0.25) is 10.0 Å². The second kappa shape index (κ2) is 6.00. The highest BCUT2D eigenvalue weighted by atomic mass is 32.2. The molecule has 1 aliphatic heterocycles. The van der Waals surface area contributed by atoms with E-state index in [9.17, 15) is 8.42 Å². The molecule has 5 nitrogen and oxygen atoms in total. The van der Waals surface area contributed by atoms with E-state index in [1.54, 1.807) is 12.1 Å². The van der Waals surface area contributed by atoms with Crippen molar-refractivity contribution in [3.05, 3.63) is 29.3 Å². The molecule has 1 N–H and O–H groups in total. The van der Waals surface area contributed by atoms with Crippen LogP contribution in [0.4, 0.5) is 0 Å². The summed E-state index contributed by atoms with van der Waals surface area (Å²) in [6.45, 7) is 5.31. The van der Waals surface area contributed by atoms with Crippen LogP contribution in [0.1, 0.15) is 17.5 Å². The fourth-order valence-electron chi connectivity index (χ4n) is 1.85. The van der Waals surface area contributed by atoms with Crippen LogP contribution in [0.15, 0.2) is 23.1 Å². The van der Waals surface area contributed by atoms with Crippen molar-refractivity contribution in [1.82, 2.24) is 4.72 Å². The van der Waals surface area contributed by atoms with Gasteiger partial charge in [0.1, 0.15) is 0 Å². The van der Waals surface area contributed by atoms with Gasteiger partial charge in [0.15, 0.2) is 6.29 Å². The second-order valence-corrected chi connectivity index (χ2v) is 6.37. The van der Waals surface area contributed by atoms with Gasteiger partial charge in [0.05, 0.1) is 18.1 Å². The Labute approximate surface area is 114 Å². The second-order valence-electron chi connectivity index (χ2n) is 4.60. The predicted octanol–water partition coefficient (Wildman–Crippen LogP) is 1.34. The number of nitrogens with one attached hydrogen (secondary N) is 1. The van der Waals surface area contributed by atoms with Gasteiger partial charge >= 0.3 is 0 Å². The minimum Gasteiger partial charge on any atom is -0.350 e. The maximum Gasteiger partial charge on any atom is 0.240 e. The van der Waals surface area contributed by atoms with Crippen molar-refractivity contribution < 1.29 is 17.9 Å². The van der Waals surface area contributed by atoms with Gasteiger partial charge in [-0.25, -0.2) is 13.1 Å². The summed E-state index contributed by atoms with van der Waals surface area (Å²) >= 11 is 0. The van der Waals surface area contributed by atoms with Crippen LogP contribution in [0, 0.1) is 13.8 Å². The molecule has 19 heavy (non-hydrogen) atoms. The number of aryl methyl sites for hydroxylation is 2. The van der Waals surface area contributed by atoms with E-state index in [1.165, 1.54) is 0 Å². The maximum atomic E-state index is 12.1. The summed E-state index contributed by atoms with van der Waals surface area (Å²) in [6.07, 6.45) is 0.229. The highest BCUT2D eigenvalue weighted by Crippen LogP contribution is 2.15. The topological polar surface area (TPSA) is 64.6 Å². The van der Waals surface area contributed by atoms with Gasteiger partial charge < -0.3 is 9.47 Å². The number of hydrogen-bond acceptors (Lipinski definition) is 4. The number of ether oxygens (including phenoxy) is 2. The number of benzene rings is 1.